The lowest BCUT2D eigenvalue weighted by atomic mass is 9.86. The van der Waals surface area contributed by atoms with E-state index in [9.17, 15) is 28.0 Å². The first-order chi connectivity index (χ1) is 22.2. The van der Waals surface area contributed by atoms with E-state index in [4.69, 9.17) is 0 Å². The standard InChI is InChI=1S/2C18H13FN2O2/c19-14-8-10(9-5-6-9)7-13-15(14)11-3-1-2-4-12(11)18(13)16(22)20-17(23)21-18;19-15-8-12-10-3-1-2-4-13(10)18(16(22)20-17(23)21-18)14(12)7-11(15)9-5-6-9/h2*1-4,7-9H,5-6H2,(H2,20,21,22,23). The van der Waals surface area contributed by atoms with Gasteiger partial charge >= 0.3 is 12.1 Å². The van der Waals surface area contributed by atoms with Gasteiger partial charge in [0.1, 0.15) is 11.6 Å². The first kappa shape index (κ1) is 27.0. The van der Waals surface area contributed by atoms with E-state index in [2.05, 4.69) is 21.3 Å². The van der Waals surface area contributed by atoms with Crippen LogP contribution in [0, 0.1) is 11.6 Å². The first-order valence-corrected chi connectivity index (χ1v) is 15.4. The van der Waals surface area contributed by atoms with Crippen LogP contribution in [0.1, 0.15) is 70.9 Å². The average Bonchev–Trinajstić information content (AvgIpc) is 3.96. The van der Waals surface area contributed by atoms with Crippen LogP contribution >= 0.6 is 0 Å². The van der Waals surface area contributed by atoms with Crippen molar-refractivity contribution in [1.82, 2.24) is 21.3 Å². The third kappa shape index (κ3) is 3.52. The molecule has 6 aliphatic rings. The summed E-state index contributed by atoms with van der Waals surface area (Å²) < 4.78 is 29.3. The van der Waals surface area contributed by atoms with Gasteiger partial charge in [-0.25, -0.2) is 18.4 Å². The molecular weight excluding hydrogens is 590 g/mol. The zero-order valence-corrected chi connectivity index (χ0v) is 24.3. The summed E-state index contributed by atoms with van der Waals surface area (Å²) in [6.07, 6.45) is 4.01. The van der Waals surface area contributed by atoms with Crippen molar-refractivity contribution in [3.8, 4) is 22.3 Å². The minimum atomic E-state index is -1.31. The summed E-state index contributed by atoms with van der Waals surface area (Å²) in [4.78, 5) is 48.9. The lowest BCUT2D eigenvalue weighted by Crippen LogP contribution is -2.43. The van der Waals surface area contributed by atoms with Gasteiger partial charge in [0.25, 0.3) is 11.8 Å². The molecule has 46 heavy (non-hydrogen) atoms. The molecule has 4 fully saturated rings. The maximum Gasteiger partial charge on any atom is 0.322 e. The van der Waals surface area contributed by atoms with Crippen molar-refractivity contribution in [2.24, 2.45) is 0 Å². The van der Waals surface area contributed by atoms with E-state index in [1.54, 1.807) is 30.3 Å². The molecule has 2 heterocycles. The van der Waals surface area contributed by atoms with E-state index >= 15 is 0 Å². The smallest absolute Gasteiger partial charge is 0.316 e. The number of nitrogens with one attached hydrogen (secondary N) is 4. The summed E-state index contributed by atoms with van der Waals surface area (Å²) in [6.45, 7) is 0. The zero-order chi connectivity index (χ0) is 31.5. The number of imide groups is 2. The molecule has 0 bridgehead atoms. The van der Waals surface area contributed by atoms with E-state index in [0.717, 1.165) is 36.8 Å². The number of benzene rings is 4. The molecule has 2 saturated heterocycles. The number of amides is 6. The van der Waals surface area contributed by atoms with Gasteiger partial charge in [0.05, 0.1) is 0 Å². The Kier molecular flexibility index (Phi) is 5.33. The monoisotopic (exact) mass is 616 g/mol. The van der Waals surface area contributed by atoms with Crippen LogP contribution in [-0.2, 0) is 20.7 Å². The summed E-state index contributed by atoms with van der Waals surface area (Å²) >= 11 is 0. The number of hydrogen-bond acceptors (Lipinski definition) is 4. The maximum atomic E-state index is 14.8. The average molecular weight is 617 g/mol. The Bertz CT molecular complexity index is 2110. The van der Waals surface area contributed by atoms with Crippen molar-refractivity contribution < 1.29 is 28.0 Å². The number of rotatable bonds is 2. The van der Waals surface area contributed by atoms with Crippen LogP contribution in [0.4, 0.5) is 18.4 Å². The molecule has 0 aromatic heterocycles. The van der Waals surface area contributed by atoms with Gasteiger partial charge in [-0.3, -0.25) is 20.2 Å². The lowest BCUT2D eigenvalue weighted by molar-refractivity contribution is -0.123. The molecule has 2 aliphatic heterocycles. The number of halogens is 2. The predicted octanol–water partition coefficient (Wildman–Crippen LogP) is 5.53. The molecule has 4 N–H and O–H groups in total. The topological polar surface area (TPSA) is 116 Å². The molecule has 6 amide bonds. The predicted molar refractivity (Wildman–Crippen MR) is 163 cm³/mol. The molecule has 2 saturated carbocycles. The number of carbonyl (C=O) groups excluding carboxylic acids is 4. The molecule has 8 nitrogen and oxygen atoms in total. The van der Waals surface area contributed by atoms with Crippen LogP contribution in [0.15, 0.2) is 72.8 Å². The molecule has 10 heteroatoms. The Labute approximate surface area is 261 Å². The molecule has 4 aromatic carbocycles. The third-order valence-electron chi connectivity index (χ3n) is 10.1. The van der Waals surface area contributed by atoms with Crippen LogP contribution in [0.2, 0.25) is 0 Å². The van der Waals surface area contributed by atoms with Gasteiger partial charge in [0.15, 0.2) is 11.1 Å². The van der Waals surface area contributed by atoms with Gasteiger partial charge in [-0.15, -0.1) is 0 Å². The highest BCUT2D eigenvalue weighted by Crippen LogP contribution is 2.53. The SMILES string of the molecule is O=C1NC(=O)C2(N1)c1ccccc1-c1c(F)cc(C3CC3)cc12.O=C1NC(=O)C2(N1)c1ccccc1-c1cc(F)c(C3CC3)cc12. The quantitative estimate of drug-likeness (QED) is 0.222. The van der Waals surface area contributed by atoms with E-state index in [1.165, 1.54) is 6.07 Å². The van der Waals surface area contributed by atoms with Gasteiger partial charge in [0.2, 0.25) is 0 Å². The molecule has 228 valence electrons. The molecule has 0 radical (unpaired) electrons. The fourth-order valence-corrected chi connectivity index (χ4v) is 7.71. The fraction of sp³-hybridized carbons (Fsp3) is 0.222. The lowest BCUT2D eigenvalue weighted by Gasteiger charge is -2.23. The molecule has 2 atom stereocenters. The second kappa shape index (κ2) is 9.09. The van der Waals surface area contributed by atoms with Gasteiger partial charge in [-0.1, -0.05) is 54.6 Å². The van der Waals surface area contributed by atoms with Crippen LogP contribution in [0.3, 0.4) is 0 Å². The Morgan fingerprint density at radius 1 is 0.565 bits per heavy atom. The van der Waals surface area contributed by atoms with Crippen molar-refractivity contribution in [1.29, 1.82) is 0 Å². The number of fused-ring (bicyclic) bond motifs is 10. The van der Waals surface area contributed by atoms with Crippen molar-refractivity contribution in [3.05, 3.63) is 118 Å². The van der Waals surface area contributed by atoms with Gasteiger partial charge in [-0.2, -0.15) is 0 Å². The van der Waals surface area contributed by atoms with E-state index in [0.29, 0.717) is 50.4 Å². The highest BCUT2D eigenvalue weighted by Gasteiger charge is 2.57. The fourth-order valence-electron chi connectivity index (χ4n) is 7.71. The Morgan fingerprint density at radius 2 is 1.13 bits per heavy atom. The van der Waals surface area contributed by atoms with Crippen molar-refractivity contribution in [2.45, 2.75) is 48.6 Å². The van der Waals surface area contributed by atoms with E-state index in [-0.39, 0.29) is 17.6 Å². The summed E-state index contributed by atoms with van der Waals surface area (Å²) in [5, 5.41) is 10.1. The third-order valence-corrected chi connectivity index (χ3v) is 10.1. The van der Waals surface area contributed by atoms with Crippen molar-refractivity contribution in [2.75, 3.05) is 0 Å². The van der Waals surface area contributed by atoms with Crippen LogP contribution in [-0.4, -0.2) is 23.9 Å². The van der Waals surface area contributed by atoms with Gasteiger partial charge in [0, 0.05) is 11.1 Å². The second-order valence-electron chi connectivity index (χ2n) is 12.8. The van der Waals surface area contributed by atoms with E-state index < -0.39 is 35.0 Å². The molecule has 4 aliphatic carbocycles. The number of hydrogen-bond donors (Lipinski definition) is 4. The molecule has 4 aromatic rings. The van der Waals surface area contributed by atoms with E-state index in [1.807, 2.05) is 36.4 Å². The molecule has 10 rings (SSSR count). The first-order valence-electron chi connectivity index (χ1n) is 15.4. The summed E-state index contributed by atoms with van der Waals surface area (Å²) in [5.74, 6) is -0.828. The Balaban J connectivity index is 0.000000127. The summed E-state index contributed by atoms with van der Waals surface area (Å²) in [7, 11) is 0. The minimum absolute atomic E-state index is 0.223. The normalized spacial score (nSPS) is 24.4. The Hall–Kier alpha value is -5.38. The Morgan fingerprint density at radius 3 is 1.72 bits per heavy atom. The van der Waals surface area contributed by atoms with Crippen molar-refractivity contribution >= 4 is 23.9 Å². The van der Waals surface area contributed by atoms with Gasteiger partial charge < -0.3 is 10.6 Å². The largest absolute Gasteiger partial charge is 0.322 e. The second-order valence-corrected chi connectivity index (χ2v) is 12.8. The van der Waals surface area contributed by atoms with Crippen LogP contribution in [0.5, 0.6) is 0 Å². The minimum Gasteiger partial charge on any atom is -0.316 e. The maximum absolute atomic E-state index is 14.8. The molecular formula is C36H26F2N4O4. The van der Waals surface area contributed by atoms with Gasteiger partial charge in [-0.05, 0) is 100 Å². The number of urea groups is 2. The zero-order valence-electron chi connectivity index (χ0n) is 24.3. The summed E-state index contributed by atoms with van der Waals surface area (Å²) in [5.41, 5.74) is 4.11. The number of carbonyl (C=O) groups is 4. The summed E-state index contributed by atoms with van der Waals surface area (Å²) in [6, 6.07) is 20.2. The van der Waals surface area contributed by atoms with Crippen LogP contribution < -0.4 is 21.3 Å². The molecule has 2 spiro atoms. The molecule has 2 unspecified atom stereocenters. The highest BCUT2D eigenvalue weighted by molar-refractivity contribution is 6.14. The van der Waals surface area contributed by atoms with Crippen LogP contribution in [0.25, 0.3) is 22.3 Å². The van der Waals surface area contributed by atoms with Crippen molar-refractivity contribution in [3.63, 3.8) is 0 Å². The highest BCUT2D eigenvalue weighted by atomic mass is 19.1.